The van der Waals surface area contributed by atoms with Gasteiger partial charge in [-0.15, -0.1) is 0 Å². The predicted octanol–water partition coefficient (Wildman–Crippen LogP) is 2.27. The molecule has 0 aromatic rings. The van der Waals surface area contributed by atoms with Crippen LogP contribution in [0.1, 0.15) is 45.4 Å². The molecule has 2 aliphatic heterocycles. The summed E-state index contributed by atoms with van der Waals surface area (Å²) in [5.41, 5.74) is 0. The smallest absolute Gasteiger partial charge is 0.0576 e. The number of hydrogen-bond acceptors (Lipinski definition) is 3. The van der Waals surface area contributed by atoms with Crippen LogP contribution in [0.2, 0.25) is 0 Å². The van der Waals surface area contributed by atoms with E-state index in [1.54, 1.807) is 0 Å². The first-order valence-corrected chi connectivity index (χ1v) is 7.93. The second-order valence-corrected chi connectivity index (χ2v) is 5.88. The summed E-state index contributed by atoms with van der Waals surface area (Å²) < 4.78 is 5.69. The lowest BCUT2D eigenvalue weighted by Crippen LogP contribution is -2.38. The van der Waals surface area contributed by atoms with E-state index in [0.717, 1.165) is 12.5 Å². The zero-order valence-corrected chi connectivity index (χ0v) is 12.0. The third-order valence-electron chi connectivity index (χ3n) is 4.39. The fraction of sp³-hybridized carbons (Fsp3) is 1.00. The van der Waals surface area contributed by atoms with E-state index >= 15 is 0 Å². The van der Waals surface area contributed by atoms with Crippen molar-refractivity contribution in [2.24, 2.45) is 5.92 Å². The zero-order chi connectivity index (χ0) is 12.6. The van der Waals surface area contributed by atoms with E-state index in [2.05, 4.69) is 17.1 Å². The molecule has 0 saturated carbocycles. The van der Waals surface area contributed by atoms with Crippen LogP contribution in [0, 0.1) is 5.92 Å². The van der Waals surface area contributed by atoms with Crippen molar-refractivity contribution in [2.75, 3.05) is 39.3 Å². The third kappa shape index (κ3) is 4.87. The van der Waals surface area contributed by atoms with Crippen LogP contribution in [0.15, 0.2) is 0 Å². The zero-order valence-electron chi connectivity index (χ0n) is 12.0. The molecule has 2 rings (SSSR count). The molecule has 2 aliphatic rings. The number of piperidine rings is 1. The first-order valence-electron chi connectivity index (χ1n) is 7.93. The third-order valence-corrected chi connectivity index (χ3v) is 4.39. The highest BCUT2D eigenvalue weighted by Gasteiger charge is 2.18. The number of hydrogen-bond donors (Lipinski definition) is 1. The predicted molar refractivity (Wildman–Crippen MR) is 75.9 cm³/mol. The maximum Gasteiger partial charge on any atom is 0.0576 e. The van der Waals surface area contributed by atoms with E-state index in [1.165, 1.54) is 71.2 Å². The van der Waals surface area contributed by atoms with Crippen LogP contribution in [0.4, 0.5) is 0 Å². The number of nitrogens with one attached hydrogen (secondary N) is 1. The van der Waals surface area contributed by atoms with E-state index in [4.69, 9.17) is 4.74 Å². The fourth-order valence-corrected chi connectivity index (χ4v) is 3.24. The first-order chi connectivity index (χ1) is 8.88. The van der Waals surface area contributed by atoms with Gasteiger partial charge in [0.05, 0.1) is 6.10 Å². The molecule has 0 aromatic carbocycles. The topological polar surface area (TPSA) is 24.5 Å². The Morgan fingerprint density at radius 3 is 2.89 bits per heavy atom. The van der Waals surface area contributed by atoms with Crippen LogP contribution in [-0.2, 0) is 4.74 Å². The maximum absolute atomic E-state index is 5.69. The van der Waals surface area contributed by atoms with E-state index in [1.807, 2.05) is 0 Å². The Labute approximate surface area is 112 Å². The lowest BCUT2D eigenvalue weighted by molar-refractivity contribution is 0.0977. The van der Waals surface area contributed by atoms with E-state index in [-0.39, 0.29) is 0 Å². The Morgan fingerprint density at radius 2 is 2.22 bits per heavy atom. The normalized spacial score (nSPS) is 29.0. The summed E-state index contributed by atoms with van der Waals surface area (Å²) in [7, 11) is 0. The molecule has 18 heavy (non-hydrogen) atoms. The van der Waals surface area contributed by atoms with Crippen LogP contribution in [0.5, 0.6) is 0 Å². The average Bonchev–Trinajstić information content (AvgIpc) is 2.92. The minimum Gasteiger partial charge on any atom is -0.378 e. The molecule has 0 bridgehead atoms. The monoisotopic (exact) mass is 254 g/mol. The Morgan fingerprint density at radius 1 is 1.28 bits per heavy atom. The maximum atomic E-state index is 5.69. The second-order valence-electron chi connectivity index (χ2n) is 5.88. The van der Waals surface area contributed by atoms with E-state index < -0.39 is 0 Å². The minimum absolute atomic E-state index is 0.569. The number of ether oxygens (including phenoxy) is 1. The lowest BCUT2D eigenvalue weighted by atomic mass is 9.99. The van der Waals surface area contributed by atoms with Crippen molar-refractivity contribution in [1.29, 1.82) is 0 Å². The summed E-state index contributed by atoms with van der Waals surface area (Å²) in [5.74, 6) is 0.876. The number of nitrogens with zero attached hydrogens (tertiary/aromatic N) is 1. The molecule has 0 aromatic heterocycles. The molecule has 2 fully saturated rings. The van der Waals surface area contributed by atoms with Gasteiger partial charge in [-0.3, -0.25) is 0 Å². The molecule has 3 nitrogen and oxygen atoms in total. The lowest BCUT2D eigenvalue weighted by Gasteiger charge is -2.29. The van der Waals surface area contributed by atoms with Gasteiger partial charge in [0.2, 0.25) is 0 Å². The van der Waals surface area contributed by atoms with Crippen LogP contribution in [0.3, 0.4) is 0 Å². The van der Waals surface area contributed by atoms with Crippen molar-refractivity contribution in [2.45, 2.75) is 51.6 Å². The van der Waals surface area contributed by atoms with Crippen molar-refractivity contribution in [3.63, 3.8) is 0 Å². The molecule has 0 radical (unpaired) electrons. The van der Waals surface area contributed by atoms with Gasteiger partial charge in [-0.25, -0.2) is 0 Å². The minimum atomic E-state index is 0.569. The summed E-state index contributed by atoms with van der Waals surface area (Å²) in [5, 5.41) is 3.52. The summed E-state index contributed by atoms with van der Waals surface area (Å²) in [6, 6.07) is 0. The molecular formula is C15H30N2O. The van der Waals surface area contributed by atoms with Crippen molar-refractivity contribution in [3.8, 4) is 0 Å². The molecule has 1 N–H and O–H groups in total. The van der Waals surface area contributed by atoms with Gasteiger partial charge in [-0.2, -0.15) is 0 Å². The van der Waals surface area contributed by atoms with Crippen LogP contribution < -0.4 is 5.32 Å². The van der Waals surface area contributed by atoms with Gasteiger partial charge >= 0.3 is 0 Å². The Balaban J connectivity index is 1.58. The Bertz CT molecular complexity index is 211. The van der Waals surface area contributed by atoms with Crippen molar-refractivity contribution in [3.05, 3.63) is 0 Å². The summed E-state index contributed by atoms with van der Waals surface area (Å²) >= 11 is 0. The molecule has 3 heteroatoms. The highest BCUT2D eigenvalue weighted by molar-refractivity contribution is 4.73. The van der Waals surface area contributed by atoms with E-state index in [9.17, 15) is 0 Å². The summed E-state index contributed by atoms with van der Waals surface area (Å²) in [4.78, 5) is 2.63. The van der Waals surface area contributed by atoms with Crippen molar-refractivity contribution < 1.29 is 4.74 Å². The van der Waals surface area contributed by atoms with Gasteiger partial charge in [0.25, 0.3) is 0 Å². The number of rotatable bonds is 7. The molecule has 0 aliphatic carbocycles. The SMILES string of the molecule is CCN(CCCC1CCCO1)CC1CCCNC1. The molecule has 2 saturated heterocycles. The van der Waals surface area contributed by atoms with Gasteiger partial charge in [0.15, 0.2) is 0 Å². The molecule has 106 valence electrons. The quantitative estimate of drug-likeness (QED) is 0.754. The van der Waals surface area contributed by atoms with Gasteiger partial charge in [-0.05, 0) is 70.6 Å². The average molecular weight is 254 g/mol. The first kappa shape index (κ1) is 14.3. The van der Waals surface area contributed by atoms with Crippen LogP contribution in [0.25, 0.3) is 0 Å². The standard InChI is InChI=1S/C15H30N2O/c1-2-17(13-14-6-3-9-16-12-14)10-4-7-15-8-5-11-18-15/h14-16H,2-13H2,1H3. The Kier molecular flexibility index (Phi) is 6.46. The van der Waals surface area contributed by atoms with Crippen molar-refractivity contribution in [1.82, 2.24) is 10.2 Å². The largest absolute Gasteiger partial charge is 0.378 e. The van der Waals surface area contributed by atoms with Crippen LogP contribution >= 0.6 is 0 Å². The molecular weight excluding hydrogens is 224 g/mol. The van der Waals surface area contributed by atoms with Crippen molar-refractivity contribution >= 4 is 0 Å². The molecule has 2 unspecified atom stereocenters. The highest BCUT2D eigenvalue weighted by atomic mass is 16.5. The second kappa shape index (κ2) is 8.13. The summed E-state index contributed by atoms with van der Waals surface area (Å²) in [6.07, 6.45) is 8.47. The van der Waals surface area contributed by atoms with Gasteiger partial charge in [-0.1, -0.05) is 6.92 Å². The van der Waals surface area contributed by atoms with Gasteiger partial charge in [0.1, 0.15) is 0 Å². The summed E-state index contributed by atoms with van der Waals surface area (Å²) in [6.45, 7) is 9.48. The van der Waals surface area contributed by atoms with E-state index in [0.29, 0.717) is 6.10 Å². The van der Waals surface area contributed by atoms with Gasteiger partial charge in [0, 0.05) is 13.2 Å². The highest BCUT2D eigenvalue weighted by Crippen LogP contribution is 2.17. The molecule has 2 heterocycles. The molecule has 0 spiro atoms. The fourth-order valence-electron chi connectivity index (χ4n) is 3.24. The molecule has 0 amide bonds. The van der Waals surface area contributed by atoms with Gasteiger partial charge < -0.3 is 15.0 Å². The Hall–Kier alpha value is -0.120. The molecule has 2 atom stereocenters. The van der Waals surface area contributed by atoms with Crippen LogP contribution in [-0.4, -0.2) is 50.3 Å².